The molecule has 0 heterocycles. The van der Waals surface area contributed by atoms with Gasteiger partial charge in [-0.3, -0.25) is 4.79 Å². The molecular weight excluding hydrogens is 249 g/mol. The van der Waals surface area contributed by atoms with Crippen molar-refractivity contribution in [3.05, 3.63) is 29.6 Å². The van der Waals surface area contributed by atoms with Crippen molar-refractivity contribution in [2.45, 2.75) is 11.8 Å². The van der Waals surface area contributed by atoms with Crippen LogP contribution in [0.4, 0.5) is 4.39 Å². The molecule has 1 aromatic rings. The van der Waals surface area contributed by atoms with Crippen LogP contribution in [0.1, 0.15) is 5.56 Å². The van der Waals surface area contributed by atoms with E-state index in [-0.39, 0.29) is 4.90 Å². The normalized spacial score (nSPS) is 11.8. The predicted molar refractivity (Wildman–Crippen MR) is 58.6 cm³/mol. The maximum Gasteiger partial charge on any atom is 0.318 e. The van der Waals surface area contributed by atoms with E-state index in [0.29, 0.717) is 9.87 Å². The fourth-order valence-corrected chi connectivity index (χ4v) is 2.65. The van der Waals surface area contributed by atoms with Gasteiger partial charge in [0.1, 0.15) is 12.4 Å². The third-order valence-electron chi connectivity index (χ3n) is 2.20. The first-order valence-electron chi connectivity index (χ1n) is 4.69. The van der Waals surface area contributed by atoms with E-state index < -0.39 is 28.4 Å². The van der Waals surface area contributed by atoms with E-state index in [1.165, 1.54) is 13.0 Å². The Bertz CT molecular complexity index is 541. The summed E-state index contributed by atoms with van der Waals surface area (Å²) < 4.78 is 37.5. The summed E-state index contributed by atoms with van der Waals surface area (Å²) >= 11 is 0. The third-order valence-corrected chi connectivity index (χ3v) is 4.14. The minimum atomic E-state index is -3.97. The van der Waals surface area contributed by atoms with Crippen molar-refractivity contribution in [2.75, 3.05) is 13.6 Å². The molecule has 0 aliphatic carbocycles. The number of nitrogens with zero attached hydrogens (tertiary/aromatic N) is 1. The van der Waals surface area contributed by atoms with Gasteiger partial charge in [-0.15, -0.1) is 0 Å². The topological polar surface area (TPSA) is 74.7 Å². The van der Waals surface area contributed by atoms with Gasteiger partial charge in [0.15, 0.2) is 0 Å². The molecule has 0 fully saturated rings. The Morgan fingerprint density at radius 3 is 2.59 bits per heavy atom. The molecule has 0 amide bonds. The molecule has 0 aliphatic heterocycles. The van der Waals surface area contributed by atoms with Crippen LogP contribution in [0.15, 0.2) is 23.1 Å². The first-order valence-corrected chi connectivity index (χ1v) is 6.13. The Balaban J connectivity index is 3.21. The first kappa shape index (κ1) is 13.6. The number of carbonyl (C=O) groups is 1. The third kappa shape index (κ3) is 3.01. The number of carboxylic acid groups (broad SMARTS) is 1. The van der Waals surface area contributed by atoms with Gasteiger partial charge in [-0.25, -0.2) is 12.8 Å². The molecule has 0 aliphatic rings. The van der Waals surface area contributed by atoms with E-state index in [2.05, 4.69) is 0 Å². The summed E-state index contributed by atoms with van der Waals surface area (Å²) in [5.41, 5.74) is 0.364. The number of aryl methyl sites for hydroxylation is 1. The van der Waals surface area contributed by atoms with Gasteiger partial charge in [0.2, 0.25) is 10.0 Å². The van der Waals surface area contributed by atoms with E-state index in [1.807, 2.05) is 0 Å². The van der Waals surface area contributed by atoms with Crippen molar-refractivity contribution in [2.24, 2.45) is 0 Å². The zero-order chi connectivity index (χ0) is 13.2. The summed E-state index contributed by atoms with van der Waals surface area (Å²) in [7, 11) is -2.84. The van der Waals surface area contributed by atoms with E-state index in [4.69, 9.17) is 5.11 Å². The molecule has 1 aromatic carbocycles. The number of sulfonamides is 1. The van der Waals surface area contributed by atoms with E-state index >= 15 is 0 Å². The van der Waals surface area contributed by atoms with Gasteiger partial charge in [0, 0.05) is 7.05 Å². The van der Waals surface area contributed by atoms with Crippen LogP contribution >= 0.6 is 0 Å². The van der Waals surface area contributed by atoms with Crippen LogP contribution in [0, 0.1) is 12.7 Å². The molecule has 0 atom stereocenters. The fraction of sp³-hybridized carbons (Fsp3) is 0.300. The molecule has 0 radical (unpaired) electrons. The fourth-order valence-electron chi connectivity index (χ4n) is 1.30. The van der Waals surface area contributed by atoms with Gasteiger partial charge in [-0.1, -0.05) is 6.07 Å². The number of likely N-dealkylation sites (N-methyl/N-ethyl adjacent to an activating group) is 1. The zero-order valence-electron chi connectivity index (χ0n) is 9.34. The van der Waals surface area contributed by atoms with Crippen LogP contribution in [0.3, 0.4) is 0 Å². The number of hydrogen-bond donors (Lipinski definition) is 1. The molecular formula is C10H12FNO4S. The van der Waals surface area contributed by atoms with Crippen molar-refractivity contribution in [1.82, 2.24) is 4.31 Å². The maximum atomic E-state index is 13.0. The molecule has 0 aromatic heterocycles. The van der Waals surface area contributed by atoms with Crippen LogP contribution in [-0.4, -0.2) is 37.4 Å². The van der Waals surface area contributed by atoms with Crippen LogP contribution in [0.25, 0.3) is 0 Å². The van der Waals surface area contributed by atoms with Gasteiger partial charge in [-0.05, 0) is 24.6 Å². The van der Waals surface area contributed by atoms with Gasteiger partial charge >= 0.3 is 5.97 Å². The molecule has 1 N–H and O–H groups in total. The number of carboxylic acids is 1. The minimum Gasteiger partial charge on any atom is -0.480 e. The molecule has 0 spiro atoms. The molecule has 94 valence electrons. The SMILES string of the molecule is Cc1ccc(F)cc1S(=O)(=O)N(C)CC(=O)O. The quantitative estimate of drug-likeness (QED) is 0.871. The van der Waals surface area contributed by atoms with Crippen LogP contribution in [0.2, 0.25) is 0 Å². The predicted octanol–water partition coefficient (Wildman–Crippen LogP) is 0.839. The number of rotatable bonds is 4. The van der Waals surface area contributed by atoms with Crippen molar-refractivity contribution in [3.63, 3.8) is 0 Å². The summed E-state index contributed by atoms with van der Waals surface area (Å²) in [5, 5.41) is 8.54. The van der Waals surface area contributed by atoms with E-state index in [0.717, 1.165) is 19.2 Å². The van der Waals surface area contributed by atoms with Crippen molar-refractivity contribution in [3.8, 4) is 0 Å². The molecule has 17 heavy (non-hydrogen) atoms. The summed E-state index contributed by atoms with van der Waals surface area (Å²) in [6.45, 7) is 0.846. The number of hydrogen-bond acceptors (Lipinski definition) is 3. The van der Waals surface area contributed by atoms with Crippen LogP contribution in [0.5, 0.6) is 0 Å². The summed E-state index contributed by atoms with van der Waals surface area (Å²) in [4.78, 5) is 10.2. The molecule has 1 rings (SSSR count). The second-order valence-corrected chi connectivity index (χ2v) is 5.58. The molecule has 0 bridgehead atoms. The molecule has 7 heteroatoms. The molecule has 0 saturated heterocycles. The monoisotopic (exact) mass is 261 g/mol. The molecule has 0 unspecified atom stereocenters. The number of halogens is 1. The van der Waals surface area contributed by atoms with Gasteiger partial charge in [0.25, 0.3) is 0 Å². The van der Waals surface area contributed by atoms with E-state index in [1.54, 1.807) is 0 Å². The number of aliphatic carboxylic acids is 1. The average molecular weight is 261 g/mol. The van der Waals surface area contributed by atoms with Gasteiger partial charge in [0.05, 0.1) is 4.90 Å². The van der Waals surface area contributed by atoms with Crippen molar-refractivity contribution >= 4 is 16.0 Å². The Morgan fingerprint density at radius 1 is 1.47 bits per heavy atom. The first-order chi connectivity index (χ1) is 7.75. The Labute approximate surface area is 98.5 Å². The average Bonchev–Trinajstić information content (AvgIpc) is 2.20. The summed E-state index contributed by atoms with van der Waals surface area (Å²) in [5.74, 6) is -1.96. The van der Waals surface area contributed by atoms with Gasteiger partial charge < -0.3 is 5.11 Å². The largest absolute Gasteiger partial charge is 0.480 e. The highest BCUT2D eigenvalue weighted by Crippen LogP contribution is 2.19. The Kier molecular flexibility index (Phi) is 3.84. The molecule has 5 nitrogen and oxygen atoms in total. The Morgan fingerprint density at radius 2 is 2.06 bits per heavy atom. The van der Waals surface area contributed by atoms with Crippen molar-refractivity contribution < 1.29 is 22.7 Å². The second-order valence-electron chi connectivity index (χ2n) is 3.56. The van der Waals surface area contributed by atoms with Crippen LogP contribution in [-0.2, 0) is 14.8 Å². The minimum absolute atomic E-state index is 0.221. The summed E-state index contributed by atoms with van der Waals surface area (Å²) in [6.07, 6.45) is 0. The Hall–Kier alpha value is -1.47. The maximum absolute atomic E-state index is 13.0. The lowest BCUT2D eigenvalue weighted by atomic mass is 10.2. The van der Waals surface area contributed by atoms with E-state index in [9.17, 15) is 17.6 Å². The lowest BCUT2D eigenvalue weighted by Crippen LogP contribution is -2.32. The highest BCUT2D eigenvalue weighted by atomic mass is 32.2. The lowest BCUT2D eigenvalue weighted by Gasteiger charge is -2.16. The van der Waals surface area contributed by atoms with Crippen LogP contribution < -0.4 is 0 Å². The number of benzene rings is 1. The zero-order valence-corrected chi connectivity index (χ0v) is 10.2. The standard InChI is InChI=1S/C10H12FNO4S/c1-7-3-4-8(11)5-9(7)17(15,16)12(2)6-10(13)14/h3-5H,6H2,1-2H3,(H,13,14). The second kappa shape index (κ2) is 4.80. The lowest BCUT2D eigenvalue weighted by molar-refractivity contribution is -0.137. The highest BCUT2D eigenvalue weighted by Gasteiger charge is 2.24. The highest BCUT2D eigenvalue weighted by molar-refractivity contribution is 7.89. The summed E-state index contributed by atoms with van der Waals surface area (Å²) in [6, 6.07) is 3.35. The molecule has 0 saturated carbocycles. The smallest absolute Gasteiger partial charge is 0.318 e. The van der Waals surface area contributed by atoms with Gasteiger partial charge in [-0.2, -0.15) is 4.31 Å². The van der Waals surface area contributed by atoms with Crippen molar-refractivity contribution in [1.29, 1.82) is 0 Å².